The Kier molecular flexibility index (Phi) is 5.40. The number of aromatic nitrogens is 2. The quantitative estimate of drug-likeness (QED) is 0.659. The van der Waals surface area contributed by atoms with Crippen LogP contribution in [-0.4, -0.2) is 21.6 Å². The molecule has 6 heteroatoms. The lowest BCUT2D eigenvalue weighted by atomic mass is 10.2. The highest BCUT2D eigenvalue weighted by Crippen LogP contribution is 2.28. The predicted molar refractivity (Wildman–Crippen MR) is 118 cm³/mol. The summed E-state index contributed by atoms with van der Waals surface area (Å²) in [4.78, 5) is 24.8. The molecule has 0 saturated heterocycles. The third-order valence-corrected chi connectivity index (χ3v) is 5.36. The lowest BCUT2D eigenvalue weighted by Gasteiger charge is -2.09. The van der Waals surface area contributed by atoms with Gasteiger partial charge in [-0.3, -0.25) is 9.59 Å². The van der Waals surface area contributed by atoms with Crippen molar-refractivity contribution in [3.8, 4) is 5.69 Å². The molecule has 0 radical (unpaired) electrons. The molecular formula is C24H26N4O2. The lowest BCUT2D eigenvalue weighted by molar-refractivity contribution is -0.118. The first-order valence-electron chi connectivity index (χ1n) is 10.3. The van der Waals surface area contributed by atoms with E-state index in [2.05, 4.69) is 34.8 Å². The molecule has 1 aliphatic carbocycles. The summed E-state index contributed by atoms with van der Waals surface area (Å²) in [6.45, 7) is 5.74. The summed E-state index contributed by atoms with van der Waals surface area (Å²) in [5.41, 5.74) is 6.18. The molecule has 30 heavy (non-hydrogen) atoms. The Hall–Kier alpha value is -3.41. The predicted octanol–water partition coefficient (Wildman–Crippen LogP) is 4.52. The largest absolute Gasteiger partial charge is 0.326 e. The Balaban J connectivity index is 1.53. The molecule has 3 aromatic rings. The van der Waals surface area contributed by atoms with Crippen molar-refractivity contribution in [3.63, 3.8) is 0 Å². The second-order valence-corrected chi connectivity index (χ2v) is 8.05. The van der Waals surface area contributed by atoms with Gasteiger partial charge < -0.3 is 10.6 Å². The zero-order chi connectivity index (χ0) is 21.3. The van der Waals surface area contributed by atoms with E-state index in [1.807, 2.05) is 30.7 Å². The van der Waals surface area contributed by atoms with Gasteiger partial charge in [0.05, 0.1) is 5.69 Å². The van der Waals surface area contributed by atoms with Gasteiger partial charge in [-0.2, -0.15) is 5.10 Å². The number of benzene rings is 2. The van der Waals surface area contributed by atoms with Crippen molar-refractivity contribution in [2.45, 2.75) is 40.0 Å². The number of rotatable bonds is 5. The molecule has 0 fully saturated rings. The zero-order valence-electron chi connectivity index (χ0n) is 17.5. The second kappa shape index (κ2) is 8.14. The van der Waals surface area contributed by atoms with Crippen LogP contribution in [-0.2, 0) is 17.6 Å². The van der Waals surface area contributed by atoms with Crippen LogP contribution >= 0.6 is 0 Å². The number of hydrogen-bond acceptors (Lipinski definition) is 3. The molecule has 0 spiro atoms. The van der Waals surface area contributed by atoms with E-state index in [0.717, 1.165) is 36.2 Å². The van der Waals surface area contributed by atoms with E-state index >= 15 is 0 Å². The van der Waals surface area contributed by atoms with E-state index in [0.29, 0.717) is 17.1 Å². The van der Waals surface area contributed by atoms with Crippen LogP contribution in [0.4, 0.5) is 11.4 Å². The summed E-state index contributed by atoms with van der Waals surface area (Å²) in [7, 11) is 0. The molecule has 4 rings (SSSR count). The van der Waals surface area contributed by atoms with Crippen molar-refractivity contribution in [1.29, 1.82) is 0 Å². The number of amides is 2. The topological polar surface area (TPSA) is 76.0 Å². The molecule has 0 atom stereocenters. The van der Waals surface area contributed by atoms with Crippen LogP contribution in [0.25, 0.3) is 5.69 Å². The molecule has 2 aromatic carbocycles. The number of aryl methyl sites for hydroxylation is 1. The van der Waals surface area contributed by atoms with E-state index in [4.69, 9.17) is 0 Å². The van der Waals surface area contributed by atoms with Crippen molar-refractivity contribution in [2.24, 2.45) is 5.92 Å². The molecule has 0 bridgehead atoms. The first kappa shape index (κ1) is 19.9. The van der Waals surface area contributed by atoms with E-state index < -0.39 is 0 Å². The fourth-order valence-electron chi connectivity index (χ4n) is 3.63. The van der Waals surface area contributed by atoms with E-state index in [9.17, 15) is 9.59 Å². The smallest absolute Gasteiger partial charge is 0.276 e. The summed E-state index contributed by atoms with van der Waals surface area (Å²) in [6, 6.07) is 15.3. The number of carbonyl (C=O) groups excluding carboxylic acids is 2. The molecule has 0 unspecified atom stereocenters. The number of fused-ring (bicyclic) bond motifs is 1. The van der Waals surface area contributed by atoms with Gasteiger partial charge in [-0.05, 0) is 62.6 Å². The van der Waals surface area contributed by atoms with E-state index in [1.165, 1.54) is 5.56 Å². The average molecular weight is 402 g/mol. The van der Waals surface area contributed by atoms with Crippen molar-refractivity contribution < 1.29 is 9.59 Å². The van der Waals surface area contributed by atoms with Gasteiger partial charge in [-0.15, -0.1) is 0 Å². The standard InChI is InChI=1S/C24H26N4O2/c1-15(2)23(29)25-17-9-11-18(12-10-17)26-24(30)22-20-5-4-6-21(20)28(27-22)19-13-7-16(3)8-14-19/h7-15H,4-6H2,1-3H3,(H,25,29)(H,26,30). The van der Waals surface area contributed by atoms with Crippen LogP contribution in [0.1, 0.15) is 47.6 Å². The highest BCUT2D eigenvalue weighted by atomic mass is 16.2. The molecule has 2 amide bonds. The Morgan fingerprint density at radius 2 is 1.57 bits per heavy atom. The van der Waals surface area contributed by atoms with Gasteiger partial charge in [0.25, 0.3) is 5.91 Å². The molecule has 0 saturated carbocycles. The van der Waals surface area contributed by atoms with Gasteiger partial charge in [-0.1, -0.05) is 31.5 Å². The highest BCUT2D eigenvalue weighted by molar-refractivity contribution is 6.04. The van der Waals surface area contributed by atoms with Crippen LogP contribution < -0.4 is 10.6 Å². The summed E-state index contributed by atoms with van der Waals surface area (Å²) in [5.74, 6) is -0.336. The Labute approximate surface area is 176 Å². The molecule has 2 N–H and O–H groups in total. The fourth-order valence-corrected chi connectivity index (χ4v) is 3.63. The normalized spacial score (nSPS) is 12.7. The van der Waals surface area contributed by atoms with Gasteiger partial charge in [0, 0.05) is 28.6 Å². The molecule has 1 heterocycles. The lowest BCUT2D eigenvalue weighted by Crippen LogP contribution is -2.18. The van der Waals surface area contributed by atoms with Gasteiger partial charge >= 0.3 is 0 Å². The van der Waals surface area contributed by atoms with Gasteiger partial charge in [0.15, 0.2) is 5.69 Å². The molecule has 0 aliphatic heterocycles. The maximum Gasteiger partial charge on any atom is 0.276 e. The monoisotopic (exact) mass is 402 g/mol. The number of carbonyl (C=O) groups is 2. The number of hydrogen-bond donors (Lipinski definition) is 2. The first-order chi connectivity index (χ1) is 14.4. The third kappa shape index (κ3) is 3.99. The Bertz CT molecular complexity index is 1080. The molecule has 1 aliphatic rings. The van der Waals surface area contributed by atoms with Gasteiger partial charge in [-0.25, -0.2) is 4.68 Å². The van der Waals surface area contributed by atoms with Crippen LogP contribution in [0, 0.1) is 12.8 Å². The van der Waals surface area contributed by atoms with Crippen LogP contribution in [0.5, 0.6) is 0 Å². The Morgan fingerprint density at radius 1 is 0.933 bits per heavy atom. The van der Waals surface area contributed by atoms with Crippen LogP contribution in [0.3, 0.4) is 0 Å². The summed E-state index contributed by atoms with van der Waals surface area (Å²) >= 11 is 0. The number of nitrogens with one attached hydrogen (secondary N) is 2. The van der Waals surface area contributed by atoms with Crippen molar-refractivity contribution >= 4 is 23.2 Å². The maximum atomic E-state index is 13.0. The average Bonchev–Trinajstić information content (AvgIpc) is 3.33. The summed E-state index contributed by atoms with van der Waals surface area (Å²) in [6.07, 6.45) is 2.82. The zero-order valence-corrected chi connectivity index (χ0v) is 17.5. The first-order valence-corrected chi connectivity index (χ1v) is 10.3. The van der Waals surface area contributed by atoms with Gasteiger partial charge in [0.2, 0.25) is 5.91 Å². The van der Waals surface area contributed by atoms with E-state index in [-0.39, 0.29) is 17.7 Å². The van der Waals surface area contributed by atoms with Crippen molar-refractivity contribution in [1.82, 2.24) is 9.78 Å². The number of nitrogens with zero attached hydrogens (tertiary/aromatic N) is 2. The SMILES string of the molecule is Cc1ccc(-n2nc(C(=O)Nc3ccc(NC(=O)C(C)C)cc3)c3c2CCC3)cc1. The summed E-state index contributed by atoms with van der Waals surface area (Å²) in [5, 5.41) is 10.4. The fraction of sp³-hybridized carbons (Fsp3) is 0.292. The molecule has 6 nitrogen and oxygen atoms in total. The van der Waals surface area contributed by atoms with Crippen LogP contribution in [0.15, 0.2) is 48.5 Å². The minimum Gasteiger partial charge on any atom is -0.326 e. The third-order valence-electron chi connectivity index (χ3n) is 5.36. The van der Waals surface area contributed by atoms with Crippen molar-refractivity contribution in [3.05, 3.63) is 71.0 Å². The minimum absolute atomic E-state index is 0.0380. The van der Waals surface area contributed by atoms with Gasteiger partial charge in [0.1, 0.15) is 0 Å². The Morgan fingerprint density at radius 3 is 2.20 bits per heavy atom. The minimum atomic E-state index is -0.210. The molecular weight excluding hydrogens is 376 g/mol. The molecule has 154 valence electrons. The number of anilines is 2. The van der Waals surface area contributed by atoms with Crippen molar-refractivity contribution in [2.75, 3.05) is 10.6 Å². The second-order valence-electron chi connectivity index (χ2n) is 8.05. The molecule has 1 aromatic heterocycles. The van der Waals surface area contributed by atoms with Crippen LogP contribution in [0.2, 0.25) is 0 Å². The summed E-state index contributed by atoms with van der Waals surface area (Å²) < 4.78 is 1.90. The maximum absolute atomic E-state index is 13.0. The van der Waals surface area contributed by atoms with E-state index in [1.54, 1.807) is 24.3 Å². The highest BCUT2D eigenvalue weighted by Gasteiger charge is 2.27.